The molecule has 0 amide bonds. The first-order valence-corrected chi connectivity index (χ1v) is 6.17. The minimum atomic E-state index is -0.811. The average molecular weight is 246 g/mol. The lowest BCUT2D eigenvalue weighted by molar-refractivity contribution is -0.150. The number of carboxylic acids is 1. The maximum absolute atomic E-state index is 11.5. The second-order valence-electron chi connectivity index (χ2n) is 4.79. The summed E-state index contributed by atoms with van der Waals surface area (Å²) in [6, 6.07) is 9.81. The summed E-state index contributed by atoms with van der Waals surface area (Å²) in [5, 5.41) is 9.41. The van der Waals surface area contributed by atoms with Crippen LogP contribution in [0.1, 0.15) is 25.3 Å². The highest BCUT2D eigenvalue weighted by Crippen LogP contribution is 2.39. The molecule has 1 aromatic rings. The number of hydrogen-bond acceptors (Lipinski definition) is 2. The van der Waals surface area contributed by atoms with Crippen LogP contribution >= 0.6 is 0 Å². The summed E-state index contributed by atoms with van der Waals surface area (Å²) in [5.41, 5.74) is 1.18. The number of carbonyl (C=O) groups is 1. The first-order valence-electron chi connectivity index (χ1n) is 6.17. The molecule has 1 unspecified atom stereocenters. The van der Waals surface area contributed by atoms with Crippen molar-refractivity contribution >= 4 is 5.97 Å². The second-order valence-corrected chi connectivity index (χ2v) is 4.79. The van der Waals surface area contributed by atoms with Gasteiger partial charge in [-0.05, 0) is 25.3 Å². The van der Waals surface area contributed by atoms with Gasteiger partial charge in [0, 0.05) is 0 Å². The van der Waals surface area contributed by atoms with Crippen LogP contribution in [-0.2, 0) is 16.1 Å². The van der Waals surface area contributed by atoms with Crippen molar-refractivity contribution in [2.75, 3.05) is 6.61 Å². The number of hydrogen-bond donors (Lipinski definition) is 1. The molecule has 0 spiro atoms. The van der Waals surface area contributed by atoms with E-state index in [1.54, 1.807) is 0 Å². The molecule has 1 N–H and O–H groups in total. The zero-order valence-electron chi connectivity index (χ0n) is 10.6. The van der Waals surface area contributed by atoms with Crippen LogP contribution in [0.4, 0.5) is 0 Å². The normalized spacial score (nSPS) is 22.8. The zero-order valence-corrected chi connectivity index (χ0v) is 10.6. The van der Waals surface area contributed by atoms with E-state index in [0.717, 1.165) is 17.6 Å². The molecule has 18 heavy (non-hydrogen) atoms. The molecule has 0 saturated carbocycles. The first kappa shape index (κ1) is 12.8. The SMILES string of the molecule is CC1=CCCC1(COCc1ccccc1)C(=O)O. The Labute approximate surface area is 107 Å². The number of aliphatic carboxylic acids is 1. The molecule has 0 saturated heterocycles. The van der Waals surface area contributed by atoms with Crippen molar-refractivity contribution in [1.82, 2.24) is 0 Å². The summed E-state index contributed by atoms with van der Waals surface area (Å²) in [4.78, 5) is 11.5. The molecule has 0 aromatic heterocycles. The summed E-state index contributed by atoms with van der Waals surface area (Å²) in [7, 11) is 0. The van der Waals surface area contributed by atoms with Crippen LogP contribution in [0.3, 0.4) is 0 Å². The van der Waals surface area contributed by atoms with E-state index >= 15 is 0 Å². The van der Waals surface area contributed by atoms with Crippen molar-refractivity contribution < 1.29 is 14.6 Å². The van der Waals surface area contributed by atoms with E-state index in [4.69, 9.17) is 4.74 Å². The van der Waals surface area contributed by atoms with Crippen LogP contribution in [0.25, 0.3) is 0 Å². The Bertz CT molecular complexity index is 450. The maximum atomic E-state index is 11.5. The average Bonchev–Trinajstić information content (AvgIpc) is 2.73. The van der Waals surface area contributed by atoms with Gasteiger partial charge in [0.1, 0.15) is 5.41 Å². The molecule has 0 aliphatic heterocycles. The van der Waals surface area contributed by atoms with E-state index in [9.17, 15) is 9.90 Å². The van der Waals surface area contributed by atoms with Crippen molar-refractivity contribution in [3.63, 3.8) is 0 Å². The molecule has 0 bridgehead atoms. The molecule has 0 fully saturated rings. The minimum Gasteiger partial charge on any atom is -0.481 e. The summed E-state index contributed by atoms with van der Waals surface area (Å²) < 4.78 is 5.62. The van der Waals surface area contributed by atoms with Crippen molar-refractivity contribution in [2.45, 2.75) is 26.4 Å². The summed E-state index contributed by atoms with van der Waals surface area (Å²) >= 11 is 0. The first-order chi connectivity index (χ1) is 8.65. The van der Waals surface area contributed by atoms with Gasteiger partial charge in [-0.3, -0.25) is 4.79 Å². The third kappa shape index (κ3) is 2.46. The van der Waals surface area contributed by atoms with E-state index in [-0.39, 0.29) is 6.61 Å². The Morgan fingerprint density at radius 2 is 2.11 bits per heavy atom. The van der Waals surface area contributed by atoms with Crippen LogP contribution in [0, 0.1) is 5.41 Å². The second kappa shape index (κ2) is 5.36. The molecule has 1 atom stereocenters. The van der Waals surface area contributed by atoms with Crippen molar-refractivity contribution in [3.05, 3.63) is 47.5 Å². The Morgan fingerprint density at radius 1 is 1.39 bits per heavy atom. The number of rotatable bonds is 5. The summed E-state index contributed by atoms with van der Waals surface area (Å²) in [6.45, 7) is 2.59. The lowest BCUT2D eigenvalue weighted by Gasteiger charge is -2.26. The molecule has 1 aromatic carbocycles. The number of carboxylic acid groups (broad SMARTS) is 1. The highest BCUT2D eigenvalue weighted by molar-refractivity contribution is 5.79. The number of ether oxygens (including phenoxy) is 1. The van der Waals surface area contributed by atoms with Gasteiger partial charge < -0.3 is 9.84 Å². The maximum Gasteiger partial charge on any atom is 0.316 e. The van der Waals surface area contributed by atoms with Gasteiger partial charge >= 0.3 is 5.97 Å². The predicted molar refractivity (Wildman–Crippen MR) is 69.2 cm³/mol. The molecular formula is C15H18O3. The lowest BCUT2D eigenvalue weighted by Crippen LogP contribution is -2.35. The quantitative estimate of drug-likeness (QED) is 0.812. The van der Waals surface area contributed by atoms with Crippen LogP contribution < -0.4 is 0 Å². The topological polar surface area (TPSA) is 46.5 Å². The van der Waals surface area contributed by atoms with Crippen molar-refractivity contribution in [3.8, 4) is 0 Å². The molecule has 2 rings (SSSR count). The largest absolute Gasteiger partial charge is 0.481 e. The van der Waals surface area contributed by atoms with E-state index < -0.39 is 11.4 Å². The minimum absolute atomic E-state index is 0.250. The van der Waals surface area contributed by atoms with Gasteiger partial charge in [0.05, 0.1) is 13.2 Å². The van der Waals surface area contributed by atoms with Gasteiger partial charge in [-0.15, -0.1) is 0 Å². The van der Waals surface area contributed by atoms with E-state index in [2.05, 4.69) is 0 Å². The Hall–Kier alpha value is -1.61. The molecule has 3 nitrogen and oxygen atoms in total. The van der Waals surface area contributed by atoms with Gasteiger partial charge in [-0.2, -0.15) is 0 Å². The van der Waals surface area contributed by atoms with Gasteiger partial charge in [-0.1, -0.05) is 42.0 Å². The van der Waals surface area contributed by atoms with Gasteiger partial charge in [0.25, 0.3) is 0 Å². The number of benzene rings is 1. The molecular weight excluding hydrogens is 228 g/mol. The summed E-state index contributed by atoms with van der Waals surface area (Å²) in [5.74, 6) is -0.776. The molecule has 0 radical (unpaired) electrons. The van der Waals surface area contributed by atoms with E-state index in [1.807, 2.05) is 43.3 Å². The highest BCUT2D eigenvalue weighted by atomic mass is 16.5. The Morgan fingerprint density at radius 3 is 2.67 bits per heavy atom. The molecule has 1 aliphatic rings. The van der Waals surface area contributed by atoms with Crippen LogP contribution in [0.15, 0.2) is 42.0 Å². The highest BCUT2D eigenvalue weighted by Gasteiger charge is 2.42. The third-order valence-corrected chi connectivity index (χ3v) is 3.65. The van der Waals surface area contributed by atoms with Gasteiger partial charge in [0.2, 0.25) is 0 Å². The third-order valence-electron chi connectivity index (χ3n) is 3.65. The van der Waals surface area contributed by atoms with Crippen LogP contribution in [0.5, 0.6) is 0 Å². The zero-order chi connectivity index (χ0) is 13.0. The Kier molecular flexibility index (Phi) is 3.82. The molecule has 0 heterocycles. The molecule has 96 valence electrons. The van der Waals surface area contributed by atoms with Gasteiger partial charge in [0.15, 0.2) is 0 Å². The molecule has 3 heteroatoms. The lowest BCUT2D eigenvalue weighted by atomic mass is 9.83. The van der Waals surface area contributed by atoms with E-state index in [0.29, 0.717) is 13.0 Å². The predicted octanol–water partition coefficient (Wildman–Crippen LogP) is 3.01. The number of allylic oxidation sites excluding steroid dienone is 1. The van der Waals surface area contributed by atoms with E-state index in [1.165, 1.54) is 0 Å². The van der Waals surface area contributed by atoms with Crippen molar-refractivity contribution in [2.24, 2.45) is 5.41 Å². The fourth-order valence-corrected chi connectivity index (χ4v) is 2.37. The van der Waals surface area contributed by atoms with Crippen LogP contribution in [0.2, 0.25) is 0 Å². The van der Waals surface area contributed by atoms with Crippen LogP contribution in [-0.4, -0.2) is 17.7 Å². The summed E-state index contributed by atoms with van der Waals surface area (Å²) in [6.07, 6.45) is 3.47. The smallest absolute Gasteiger partial charge is 0.316 e. The fourth-order valence-electron chi connectivity index (χ4n) is 2.37. The monoisotopic (exact) mass is 246 g/mol. The van der Waals surface area contributed by atoms with Gasteiger partial charge in [-0.25, -0.2) is 0 Å². The fraction of sp³-hybridized carbons (Fsp3) is 0.400. The Balaban J connectivity index is 1.96. The molecule has 1 aliphatic carbocycles. The van der Waals surface area contributed by atoms with Crippen molar-refractivity contribution in [1.29, 1.82) is 0 Å². The standard InChI is InChI=1S/C15H18O3/c1-12-6-5-9-15(12,14(16)17)11-18-10-13-7-3-2-4-8-13/h2-4,6-8H,5,9-11H2,1H3,(H,16,17).